The van der Waals surface area contributed by atoms with Gasteiger partial charge in [0, 0.05) is 12.4 Å². The Morgan fingerprint density at radius 3 is 2.71 bits per heavy atom. The second-order valence-corrected chi connectivity index (χ2v) is 1.83. The minimum absolute atomic E-state index is 0.969. The van der Waals surface area contributed by atoms with Crippen LogP contribution in [0.1, 0.15) is 5.82 Å². The van der Waals surface area contributed by atoms with E-state index in [4.69, 9.17) is 0 Å². The zero-order valence-corrected chi connectivity index (χ0v) is 5.05. The first-order valence-corrected chi connectivity index (χ1v) is 2.47. The van der Waals surface area contributed by atoms with E-state index in [1.54, 1.807) is 10.4 Å². The molecule has 0 spiro atoms. The Hall–Kier alpha value is -0.573. The number of hydrogen-bond donors (Lipinski definition) is 0. The Morgan fingerprint density at radius 2 is 2.57 bits per heavy atom. The van der Waals surface area contributed by atoms with Crippen molar-refractivity contribution in [2.45, 2.75) is 6.92 Å². The number of aromatic nitrogens is 2. The van der Waals surface area contributed by atoms with Crippen LogP contribution in [0.25, 0.3) is 0 Å². The second-order valence-electron chi connectivity index (χ2n) is 1.34. The van der Waals surface area contributed by atoms with Crippen molar-refractivity contribution in [2.24, 2.45) is 0 Å². The van der Waals surface area contributed by atoms with E-state index in [9.17, 15) is 0 Å². The van der Waals surface area contributed by atoms with Gasteiger partial charge in [-0.3, -0.25) is 0 Å². The highest BCUT2D eigenvalue weighted by molar-refractivity contribution is 6.06. The lowest BCUT2D eigenvalue weighted by Gasteiger charge is -1.86. The Labute approximate surface area is 45.7 Å². The molecule has 1 heterocycles. The normalized spacial score (nSPS) is 9.43. The van der Waals surface area contributed by atoms with Crippen LogP contribution in [0.2, 0.25) is 0 Å². The molecule has 3 radical (unpaired) electrons. The van der Waals surface area contributed by atoms with Crippen LogP contribution in [0.4, 0.5) is 0 Å². The summed E-state index contributed by atoms with van der Waals surface area (Å²) in [6.07, 6.45) is 3.58. The molecule has 0 saturated heterocycles. The molecule has 35 valence electrons. The highest BCUT2D eigenvalue weighted by Crippen LogP contribution is 1.85. The van der Waals surface area contributed by atoms with E-state index in [0.717, 1.165) is 5.82 Å². The average molecular weight is 109 g/mol. The van der Waals surface area contributed by atoms with Gasteiger partial charge in [-0.25, -0.2) is 4.98 Å². The third kappa shape index (κ3) is 0.717. The van der Waals surface area contributed by atoms with Crippen molar-refractivity contribution in [1.82, 2.24) is 9.22 Å². The van der Waals surface area contributed by atoms with Gasteiger partial charge < -0.3 is 4.23 Å². The van der Waals surface area contributed by atoms with Crippen molar-refractivity contribution in [3.63, 3.8) is 0 Å². The fourth-order valence-corrected chi connectivity index (χ4v) is 0.502. The molecule has 0 fully saturated rings. The summed E-state index contributed by atoms with van der Waals surface area (Å²) < 4.78 is 1.78. The first kappa shape index (κ1) is 4.58. The van der Waals surface area contributed by atoms with E-state index in [1.807, 2.05) is 13.1 Å². The fourth-order valence-electron chi connectivity index (χ4n) is 0.378. The van der Waals surface area contributed by atoms with Crippen LogP contribution in [-0.2, 0) is 0 Å². The maximum absolute atomic E-state index is 3.93. The first-order valence-electron chi connectivity index (χ1n) is 2.02. The molecule has 2 nitrogen and oxygen atoms in total. The lowest BCUT2D eigenvalue weighted by molar-refractivity contribution is 1.08. The third-order valence-corrected chi connectivity index (χ3v) is 1.30. The molecule has 0 amide bonds. The Balaban J connectivity index is 3.12. The van der Waals surface area contributed by atoms with Crippen molar-refractivity contribution in [1.29, 1.82) is 0 Å². The minimum Gasteiger partial charge on any atom is -0.364 e. The predicted octanol–water partition coefficient (Wildman–Crippen LogP) is 0.123. The molecule has 3 heteroatoms. The van der Waals surface area contributed by atoms with Gasteiger partial charge in [0.1, 0.15) is 0 Å². The molecule has 0 saturated carbocycles. The van der Waals surface area contributed by atoms with Crippen LogP contribution in [-0.4, -0.2) is 19.6 Å². The van der Waals surface area contributed by atoms with Crippen molar-refractivity contribution in [2.75, 3.05) is 0 Å². The van der Waals surface area contributed by atoms with E-state index in [-0.39, 0.29) is 0 Å². The molecule has 1 aromatic rings. The summed E-state index contributed by atoms with van der Waals surface area (Å²) >= 11 is 0. The maximum Gasteiger partial charge on any atom is 0.196 e. The first-order chi connectivity index (χ1) is 3.30. The molecule has 7 heavy (non-hydrogen) atoms. The molecule has 0 unspecified atom stereocenters. The largest absolute Gasteiger partial charge is 0.364 e. The summed E-state index contributed by atoms with van der Waals surface area (Å²) in [4.78, 5) is 3.93. The van der Waals surface area contributed by atoms with E-state index < -0.39 is 0 Å². The summed E-state index contributed by atoms with van der Waals surface area (Å²) in [6, 6.07) is 0. The summed E-state index contributed by atoms with van der Waals surface area (Å²) in [5, 5.41) is 0. The smallest absolute Gasteiger partial charge is 0.196 e. The number of rotatable bonds is 0. The molecule has 0 atom stereocenters. The minimum atomic E-state index is 0.969. The van der Waals surface area contributed by atoms with Gasteiger partial charge in [0.15, 0.2) is 10.4 Å². The van der Waals surface area contributed by atoms with Gasteiger partial charge in [-0.1, -0.05) is 0 Å². The van der Waals surface area contributed by atoms with Gasteiger partial charge in [0.05, 0.1) is 5.82 Å². The zero-order valence-electron chi connectivity index (χ0n) is 4.05. The van der Waals surface area contributed by atoms with Crippen molar-refractivity contribution in [3.8, 4) is 0 Å². The van der Waals surface area contributed by atoms with Crippen LogP contribution in [0.15, 0.2) is 12.4 Å². The van der Waals surface area contributed by atoms with Gasteiger partial charge >= 0.3 is 0 Å². The standard InChI is InChI=1S/C4H5N2Si/c1-4-5-2-3-6(4)7/h2-3H,1H3. The number of nitrogens with zero attached hydrogens (tertiary/aromatic N) is 2. The van der Waals surface area contributed by atoms with Crippen molar-refractivity contribution < 1.29 is 0 Å². The highest BCUT2D eigenvalue weighted by atomic mass is 28.2. The molecular weight excluding hydrogens is 104 g/mol. The Morgan fingerprint density at radius 1 is 1.86 bits per heavy atom. The van der Waals surface area contributed by atoms with Crippen molar-refractivity contribution >= 4 is 10.4 Å². The SMILES string of the molecule is Cc1nccn1[Si]. The van der Waals surface area contributed by atoms with Crippen molar-refractivity contribution in [3.05, 3.63) is 18.2 Å². The number of hydrogen-bond acceptors (Lipinski definition) is 1. The second kappa shape index (κ2) is 1.50. The van der Waals surface area contributed by atoms with Gasteiger partial charge in [-0.2, -0.15) is 0 Å². The van der Waals surface area contributed by atoms with Gasteiger partial charge in [0.2, 0.25) is 0 Å². The predicted molar refractivity (Wildman–Crippen MR) is 28.1 cm³/mol. The summed E-state index contributed by atoms with van der Waals surface area (Å²) in [7, 11) is 3.27. The van der Waals surface area contributed by atoms with E-state index in [2.05, 4.69) is 15.4 Å². The van der Waals surface area contributed by atoms with Gasteiger partial charge in [-0.15, -0.1) is 0 Å². The molecule has 1 aromatic heterocycles. The third-order valence-electron chi connectivity index (χ3n) is 0.826. The summed E-state index contributed by atoms with van der Waals surface area (Å²) in [6.45, 7) is 1.92. The molecule has 0 N–H and O–H groups in total. The topological polar surface area (TPSA) is 17.8 Å². The monoisotopic (exact) mass is 109 g/mol. The van der Waals surface area contributed by atoms with Crippen LogP contribution in [0, 0.1) is 6.92 Å². The molecule has 0 aliphatic carbocycles. The lowest BCUT2D eigenvalue weighted by Crippen LogP contribution is -1.90. The molecule has 1 rings (SSSR count). The molecule has 0 bridgehead atoms. The Bertz CT molecular complexity index is 142. The van der Waals surface area contributed by atoms with E-state index >= 15 is 0 Å². The number of aryl methyl sites for hydroxylation is 1. The van der Waals surface area contributed by atoms with E-state index in [0.29, 0.717) is 0 Å². The molecular formula is C4H5N2Si. The number of imidazole rings is 1. The summed E-state index contributed by atoms with van der Waals surface area (Å²) in [5.74, 6) is 0.969. The fraction of sp³-hybridized carbons (Fsp3) is 0.250. The molecule has 0 aliphatic heterocycles. The van der Waals surface area contributed by atoms with E-state index in [1.165, 1.54) is 0 Å². The Kier molecular flexibility index (Phi) is 0.980. The quantitative estimate of drug-likeness (QED) is 0.433. The summed E-state index contributed by atoms with van der Waals surface area (Å²) in [5.41, 5.74) is 0. The maximum atomic E-state index is 3.93. The van der Waals surface area contributed by atoms with Gasteiger partial charge in [0.25, 0.3) is 0 Å². The zero-order chi connectivity index (χ0) is 5.28. The lowest BCUT2D eigenvalue weighted by atomic mass is 10.8. The highest BCUT2D eigenvalue weighted by Gasteiger charge is 1.84. The molecule has 0 aromatic carbocycles. The average Bonchev–Trinajstić information content (AvgIpc) is 1.91. The van der Waals surface area contributed by atoms with Crippen LogP contribution >= 0.6 is 0 Å². The van der Waals surface area contributed by atoms with Gasteiger partial charge in [-0.05, 0) is 6.92 Å². The van der Waals surface area contributed by atoms with Crippen LogP contribution in [0.3, 0.4) is 0 Å². The van der Waals surface area contributed by atoms with Crippen LogP contribution < -0.4 is 0 Å². The van der Waals surface area contributed by atoms with Crippen LogP contribution in [0.5, 0.6) is 0 Å². The molecule has 0 aliphatic rings.